The highest BCUT2D eigenvalue weighted by Crippen LogP contribution is 2.26. The summed E-state index contributed by atoms with van der Waals surface area (Å²) in [5.41, 5.74) is 3.74. The Morgan fingerprint density at radius 2 is 1.39 bits per heavy atom. The number of fused-ring (bicyclic) bond motifs is 1. The fourth-order valence-corrected chi connectivity index (χ4v) is 3.63. The van der Waals surface area contributed by atoms with Crippen LogP contribution in [0.15, 0.2) is 113 Å². The Balaban J connectivity index is 1.56. The van der Waals surface area contributed by atoms with E-state index in [4.69, 9.17) is 18.9 Å². The van der Waals surface area contributed by atoms with E-state index in [2.05, 4.69) is 13.0 Å². The van der Waals surface area contributed by atoms with E-state index >= 15 is 0 Å². The van der Waals surface area contributed by atoms with E-state index in [1.54, 1.807) is 7.11 Å². The largest absolute Gasteiger partial charge is 0.497 e. The Kier molecular flexibility index (Phi) is 5.64. The molecule has 1 aromatic heterocycles. The first-order valence-electron chi connectivity index (χ1n) is 10.7. The van der Waals surface area contributed by atoms with Gasteiger partial charge >= 0.3 is 0 Å². The molecule has 5 aromatic rings. The quantitative estimate of drug-likeness (QED) is 0.289. The molecule has 0 aliphatic heterocycles. The number of benzene rings is 4. The van der Waals surface area contributed by atoms with Crippen LogP contribution < -0.4 is 14.8 Å². The van der Waals surface area contributed by atoms with Crippen LogP contribution in [0.5, 0.6) is 17.2 Å². The molecule has 0 spiro atoms. The van der Waals surface area contributed by atoms with Gasteiger partial charge in [-0.3, -0.25) is 0 Å². The average molecular weight is 434 g/mol. The van der Waals surface area contributed by atoms with Crippen LogP contribution in [-0.4, -0.2) is 7.11 Å². The van der Waals surface area contributed by atoms with Gasteiger partial charge in [-0.05, 0) is 79.7 Å². The fourth-order valence-electron chi connectivity index (χ4n) is 3.63. The Labute approximate surface area is 192 Å². The van der Waals surface area contributed by atoms with Crippen LogP contribution >= 0.6 is 0 Å². The first kappa shape index (κ1) is 20.6. The zero-order chi connectivity index (χ0) is 22.6. The molecule has 4 heteroatoms. The molecule has 0 radical (unpaired) electrons. The molecule has 1 heterocycles. The number of ether oxygens (including phenoxy) is 2. The molecule has 4 aromatic carbocycles. The molecule has 0 fully saturated rings. The zero-order valence-electron chi connectivity index (χ0n) is 18.5. The molecule has 0 amide bonds. The molecule has 33 heavy (non-hydrogen) atoms. The van der Waals surface area contributed by atoms with E-state index in [1.807, 2.05) is 97.1 Å². The van der Waals surface area contributed by atoms with Gasteiger partial charge in [-0.2, -0.15) is 0 Å². The van der Waals surface area contributed by atoms with Gasteiger partial charge in [0.1, 0.15) is 28.6 Å². The SMILES string of the molecule is COc1ccc(-c2cc(=Nc3ccc(Oc4ccccc4)cc3)c3cc(C)ccc3o2)cc1. The second-order valence-corrected chi connectivity index (χ2v) is 7.74. The predicted octanol–water partition coefficient (Wildman–Crippen LogP) is 7.44. The summed E-state index contributed by atoms with van der Waals surface area (Å²) < 4.78 is 17.4. The molecule has 0 N–H and O–H groups in total. The maximum atomic E-state index is 6.22. The van der Waals surface area contributed by atoms with E-state index in [-0.39, 0.29) is 0 Å². The van der Waals surface area contributed by atoms with E-state index in [9.17, 15) is 0 Å². The minimum atomic E-state index is 0.747. The number of aryl methyl sites for hydroxylation is 1. The second-order valence-electron chi connectivity index (χ2n) is 7.74. The fraction of sp³-hybridized carbons (Fsp3) is 0.0690. The van der Waals surface area contributed by atoms with Crippen LogP contribution in [0.2, 0.25) is 0 Å². The van der Waals surface area contributed by atoms with E-state index < -0.39 is 0 Å². The third kappa shape index (κ3) is 4.65. The number of rotatable bonds is 5. The van der Waals surface area contributed by atoms with Crippen LogP contribution in [0.25, 0.3) is 22.3 Å². The van der Waals surface area contributed by atoms with Gasteiger partial charge in [0.05, 0.1) is 18.2 Å². The van der Waals surface area contributed by atoms with Crippen molar-refractivity contribution in [2.45, 2.75) is 6.92 Å². The van der Waals surface area contributed by atoms with Crippen LogP contribution in [0.3, 0.4) is 0 Å². The summed E-state index contributed by atoms with van der Waals surface area (Å²) in [6, 6.07) is 33.4. The van der Waals surface area contributed by atoms with Crippen LogP contribution in [0.1, 0.15) is 5.56 Å². The van der Waals surface area contributed by atoms with Crippen molar-refractivity contribution in [3.05, 3.63) is 114 Å². The molecule has 0 saturated carbocycles. The maximum Gasteiger partial charge on any atom is 0.136 e. The Hall–Kier alpha value is -4.31. The summed E-state index contributed by atoms with van der Waals surface area (Å²) in [7, 11) is 1.66. The van der Waals surface area contributed by atoms with Gasteiger partial charge in [-0.25, -0.2) is 4.99 Å². The second kappa shape index (κ2) is 9.05. The van der Waals surface area contributed by atoms with Crippen molar-refractivity contribution in [1.29, 1.82) is 0 Å². The smallest absolute Gasteiger partial charge is 0.136 e. The van der Waals surface area contributed by atoms with Gasteiger partial charge in [-0.15, -0.1) is 0 Å². The molecule has 4 nitrogen and oxygen atoms in total. The summed E-state index contributed by atoms with van der Waals surface area (Å²) in [5.74, 6) is 3.12. The summed E-state index contributed by atoms with van der Waals surface area (Å²) in [5, 5.41) is 1.82. The summed E-state index contributed by atoms with van der Waals surface area (Å²) in [4.78, 5) is 4.94. The number of hydrogen-bond acceptors (Lipinski definition) is 4. The molecule has 0 aliphatic rings. The average Bonchev–Trinajstić information content (AvgIpc) is 2.86. The van der Waals surface area contributed by atoms with Gasteiger partial charge in [0.25, 0.3) is 0 Å². The van der Waals surface area contributed by atoms with Gasteiger partial charge in [0, 0.05) is 17.0 Å². The third-order valence-electron chi connectivity index (χ3n) is 5.34. The molecular weight excluding hydrogens is 410 g/mol. The van der Waals surface area contributed by atoms with E-state index in [0.29, 0.717) is 0 Å². The maximum absolute atomic E-state index is 6.22. The topological polar surface area (TPSA) is 44.0 Å². The summed E-state index contributed by atoms with van der Waals surface area (Å²) >= 11 is 0. The lowest BCUT2D eigenvalue weighted by Gasteiger charge is -2.07. The van der Waals surface area contributed by atoms with Crippen molar-refractivity contribution in [2.75, 3.05) is 7.11 Å². The van der Waals surface area contributed by atoms with Crippen molar-refractivity contribution in [2.24, 2.45) is 4.99 Å². The standard InChI is InChI=1S/C29H23NO3/c1-20-8-17-28-26(18-20)27(19-29(33-28)21-9-13-23(31-2)14-10-21)30-22-11-15-25(16-12-22)32-24-6-4-3-5-7-24/h3-19H,1-2H3. The minimum Gasteiger partial charge on any atom is -0.497 e. The summed E-state index contributed by atoms with van der Waals surface area (Å²) in [6.07, 6.45) is 0. The number of para-hydroxylation sites is 1. The van der Waals surface area contributed by atoms with Crippen LogP contribution in [0, 0.1) is 6.92 Å². The highest BCUT2D eigenvalue weighted by Gasteiger charge is 2.07. The Bertz CT molecular complexity index is 1450. The first-order chi connectivity index (χ1) is 16.2. The molecule has 0 aliphatic carbocycles. The Morgan fingerprint density at radius 1 is 0.697 bits per heavy atom. The Morgan fingerprint density at radius 3 is 2.12 bits per heavy atom. The van der Waals surface area contributed by atoms with Crippen molar-refractivity contribution in [3.63, 3.8) is 0 Å². The van der Waals surface area contributed by atoms with Crippen molar-refractivity contribution in [1.82, 2.24) is 0 Å². The molecule has 0 saturated heterocycles. The molecule has 0 bridgehead atoms. The van der Waals surface area contributed by atoms with Gasteiger partial charge in [-0.1, -0.05) is 29.8 Å². The molecule has 0 unspecified atom stereocenters. The first-order valence-corrected chi connectivity index (χ1v) is 10.7. The minimum absolute atomic E-state index is 0.747. The molecular formula is C29H23NO3. The van der Waals surface area contributed by atoms with Gasteiger partial charge < -0.3 is 13.9 Å². The predicted molar refractivity (Wildman–Crippen MR) is 131 cm³/mol. The lowest BCUT2D eigenvalue weighted by Crippen LogP contribution is -2.03. The highest BCUT2D eigenvalue weighted by molar-refractivity contribution is 5.79. The lowest BCUT2D eigenvalue weighted by atomic mass is 10.1. The van der Waals surface area contributed by atoms with Crippen LogP contribution in [-0.2, 0) is 0 Å². The van der Waals surface area contributed by atoms with Crippen molar-refractivity contribution >= 4 is 16.7 Å². The molecule has 0 atom stereocenters. The highest BCUT2D eigenvalue weighted by atomic mass is 16.5. The molecule has 5 rings (SSSR count). The zero-order valence-corrected chi connectivity index (χ0v) is 18.5. The lowest BCUT2D eigenvalue weighted by molar-refractivity contribution is 0.415. The normalized spacial score (nSPS) is 11.5. The van der Waals surface area contributed by atoms with Crippen LogP contribution in [0.4, 0.5) is 5.69 Å². The monoisotopic (exact) mass is 433 g/mol. The van der Waals surface area contributed by atoms with Crippen molar-refractivity contribution in [3.8, 4) is 28.6 Å². The number of nitrogens with zero attached hydrogens (tertiary/aromatic N) is 1. The van der Waals surface area contributed by atoms with Gasteiger partial charge in [0.15, 0.2) is 0 Å². The number of hydrogen-bond donors (Lipinski definition) is 0. The van der Waals surface area contributed by atoms with Gasteiger partial charge in [0.2, 0.25) is 0 Å². The summed E-state index contributed by atoms with van der Waals surface area (Å²) in [6.45, 7) is 2.07. The third-order valence-corrected chi connectivity index (χ3v) is 5.34. The molecule has 162 valence electrons. The van der Waals surface area contributed by atoms with Crippen molar-refractivity contribution < 1.29 is 13.9 Å². The van der Waals surface area contributed by atoms with E-state index in [1.165, 1.54) is 0 Å². The number of methoxy groups -OCH3 is 1. The van der Waals surface area contributed by atoms with E-state index in [0.717, 1.165) is 56.1 Å².